The first kappa shape index (κ1) is 19.6. The minimum Gasteiger partial charge on any atom is -0.339 e. The van der Waals surface area contributed by atoms with Crippen LogP contribution in [0, 0.1) is 0 Å². The Hall–Kier alpha value is -1.15. The van der Waals surface area contributed by atoms with E-state index in [0.717, 1.165) is 37.8 Å². The van der Waals surface area contributed by atoms with Crippen molar-refractivity contribution in [1.82, 2.24) is 13.5 Å². The van der Waals surface area contributed by atoms with Crippen molar-refractivity contribution in [2.75, 3.05) is 26.2 Å². The highest BCUT2D eigenvalue weighted by Gasteiger charge is 2.36. The van der Waals surface area contributed by atoms with E-state index in [0.29, 0.717) is 24.7 Å². The zero-order valence-electron chi connectivity index (χ0n) is 15.1. The van der Waals surface area contributed by atoms with Crippen LogP contribution in [0.3, 0.4) is 0 Å². The van der Waals surface area contributed by atoms with Crippen molar-refractivity contribution < 1.29 is 13.2 Å². The van der Waals surface area contributed by atoms with Crippen molar-refractivity contribution in [2.24, 2.45) is 0 Å². The smallest absolute Gasteiger partial charge is 0.282 e. The van der Waals surface area contributed by atoms with E-state index in [1.165, 1.54) is 8.61 Å². The lowest BCUT2D eigenvalue weighted by Gasteiger charge is -2.38. The summed E-state index contributed by atoms with van der Waals surface area (Å²) in [5.41, 5.74) is 0.885. The van der Waals surface area contributed by atoms with Gasteiger partial charge in [0.2, 0.25) is 5.91 Å². The molecule has 2 saturated heterocycles. The maximum atomic E-state index is 12.9. The van der Waals surface area contributed by atoms with E-state index in [9.17, 15) is 13.2 Å². The average Bonchev–Trinajstić information content (AvgIpc) is 2.60. The van der Waals surface area contributed by atoms with Gasteiger partial charge in [-0.3, -0.25) is 4.79 Å². The van der Waals surface area contributed by atoms with Crippen LogP contribution < -0.4 is 0 Å². The molecule has 0 radical (unpaired) electrons. The van der Waals surface area contributed by atoms with Gasteiger partial charge in [0.05, 0.1) is 6.54 Å². The van der Waals surface area contributed by atoms with Crippen LogP contribution in [0.2, 0.25) is 5.02 Å². The van der Waals surface area contributed by atoms with Crippen LogP contribution in [0.1, 0.15) is 38.2 Å². The quantitative estimate of drug-likeness (QED) is 0.781. The van der Waals surface area contributed by atoms with Crippen molar-refractivity contribution in [1.29, 1.82) is 0 Å². The molecule has 0 saturated carbocycles. The largest absolute Gasteiger partial charge is 0.339 e. The highest BCUT2D eigenvalue weighted by Crippen LogP contribution is 2.22. The molecule has 2 fully saturated rings. The lowest BCUT2D eigenvalue weighted by molar-refractivity contribution is -0.134. The van der Waals surface area contributed by atoms with Gasteiger partial charge in [0.25, 0.3) is 10.2 Å². The van der Waals surface area contributed by atoms with E-state index in [1.54, 1.807) is 12.1 Å². The minimum absolute atomic E-state index is 0.0657. The van der Waals surface area contributed by atoms with Crippen molar-refractivity contribution in [3.05, 3.63) is 34.9 Å². The topological polar surface area (TPSA) is 60.9 Å². The highest BCUT2D eigenvalue weighted by atomic mass is 35.5. The van der Waals surface area contributed by atoms with E-state index >= 15 is 0 Å². The molecule has 3 rings (SSSR count). The molecular formula is C18H26ClN3O3S. The van der Waals surface area contributed by atoms with Crippen LogP contribution in [0.4, 0.5) is 0 Å². The summed E-state index contributed by atoms with van der Waals surface area (Å²) in [5.74, 6) is -0.0888. The predicted octanol–water partition coefficient (Wildman–Crippen LogP) is 2.49. The molecule has 6 nitrogen and oxygen atoms in total. The Morgan fingerprint density at radius 1 is 1.08 bits per heavy atom. The molecule has 2 heterocycles. The molecule has 1 aromatic rings. The lowest BCUT2D eigenvalue weighted by Crippen LogP contribution is -2.54. The van der Waals surface area contributed by atoms with E-state index in [-0.39, 0.29) is 18.5 Å². The molecule has 0 aromatic heterocycles. The van der Waals surface area contributed by atoms with Gasteiger partial charge in [0.1, 0.15) is 0 Å². The molecule has 1 atom stereocenters. The number of carbonyl (C=O) groups excluding carboxylic acids is 1. The number of benzene rings is 1. The molecule has 8 heteroatoms. The first-order valence-electron chi connectivity index (χ1n) is 9.17. The summed E-state index contributed by atoms with van der Waals surface area (Å²) in [6.07, 6.45) is 3.82. The van der Waals surface area contributed by atoms with Gasteiger partial charge in [0, 0.05) is 37.2 Å². The van der Waals surface area contributed by atoms with Crippen LogP contribution >= 0.6 is 11.6 Å². The lowest BCUT2D eigenvalue weighted by atomic mass is 10.0. The van der Waals surface area contributed by atoms with Crippen molar-refractivity contribution in [3.63, 3.8) is 0 Å². The monoisotopic (exact) mass is 399 g/mol. The van der Waals surface area contributed by atoms with Crippen LogP contribution in [-0.4, -0.2) is 60.1 Å². The average molecular weight is 400 g/mol. The second kappa shape index (κ2) is 8.25. The molecule has 144 valence electrons. The molecule has 0 N–H and O–H groups in total. The first-order chi connectivity index (χ1) is 12.4. The Bertz CT molecular complexity index is 739. The summed E-state index contributed by atoms with van der Waals surface area (Å²) in [6.45, 7) is 3.86. The van der Waals surface area contributed by atoms with Gasteiger partial charge >= 0.3 is 0 Å². The van der Waals surface area contributed by atoms with Crippen molar-refractivity contribution in [3.8, 4) is 0 Å². The van der Waals surface area contributed by atoms with Gasteiger partial charge in [-0.05, 0) is 50.3 Å². The van der Waals surface area contributed by atoms with Gasteiger partial charge in [0.15, 0.2) is 0 Å². The fourth-order valence-electron chi connectivity index (χ4n) is 3.64. The van der Waals surface area contributed by atoms with Crippen LogP contribution in [0.5, 0.6) is 0 Å². The van der Waals surface area contributed by atoms with Gasteiger partial charge in [-0.15, -0.1) is 0 Å². The molecule has 0 unspecified atom stereocenters. The molecule has 1 aromatic carbocycles. The van der Waals surface area contributed by atoms with Gasteiger partial charge in [-0.1, -0.05) is 23.7 Å². The molecular weight excluding hydrogens is 374 g/mol. The van der Waals surface area contributed by atoms with Crippen LogP contribution in [0.25, 0.3) is 0 Å². The number of hydrogen-bond donors (Lipinski definition) is 0. The Kier molecular flexibility index (Phi) is 6.22. The second-order valence-corrected chi connectivity index (χ2v) is 9.45. The number of hydrogen-bond acceptors (Lipinski definition) is 3. The van der Waals surface area contributed by atoms with E-state index < -0.39 is 10.2 Å². The number of amides is 1. The Morgan fingerprint density at radius 3 is 2.46 bits per heavy atom. The van der Waals surface area contributed by atoms with Crippen LogP contribution in [-0.2, 0) is 21.5 Å². The Balaban J connectivity index is 1.68. The van der Waals surface area contributed by atoms with Crippen molar-refractivity contribution >= 4 is 27.7 Å². The normalized spacial score (nSPS) is 24.5. The molecule has 26 heavy (non-hydrogen) atoms. The fourth-order valence-corrected chi connectivity index (χ4v) is 5.40. The van der Waals surface area contributed by atoms with Gasteiger partial charge in [-0.25, -0.2) is 0 Å². The predicted molar refractivity (Wildman–Crippen MR) is 102 cm³/mol. The van der Waals surface area contributed by atoms with Crippen molar-refractivity contribution in [2.45, 2.75) is 45.2 Å². The third-order valence-electron chi connectivity index (χ3n) is 5.17. The summed E-state index contributed by atoms with van der Waals surface area (Å²) in [5, 5.41) is 0.623. The number of likely N-dealkylation sites (tertiary alicyclic amines) is 1. The Morgan fingerprint density at radius 2 is 1.77 bits per heavy atom. The molecule has 0 aliphatic carbocycles. The van der Waals surface area contributed by atoms with Crippen LogP contribution in [0.15, 0.2) is 24.3 Å². The Labute approximate surface area is 160 Å². The molecule has 0 spiro atoms. The van der Waals surface area contributed by atoms with Gasteiger partial charge in [-0.2, -0.15) is 17.0 Å². The molecule has 2 aliphatic rings. The SMILES string of the molecule is C[C@@H]1CCCCN1C(=O)CN1CCCN(Cc2ccc(Cl)cc2)S1(=O)=O. The maximum absolute atomic E-state index is 12.9. The summed E-state index contributed by atoms with van der Waals surface area (Å²) in [7, 11) is -3.64. The highest BCUT2D eigenvalue weighted by molar-refractivity contribution is 7.86. The van der Waals surface area contributed by atoms with E-state index in [2.05, 4.69) is 0 Å². The summed E-state index contributed by atoms with van der Waals surface area (Å²) in [6, 6.07) is 7.36. The number of piperidine rings is 1. The summed E-state index contributed by atoms with van der Waals surface area (Å²) >= 11 is 5.89. The third kappa shape index (κ3) is 4.39. The minimum atomic E-state index is -3.64. The summed E-state index contributed by atoms with van der Waals surface area (Å²) < 4.78 is 28.7. The zero-order valence-corrected chi connectivity index (χ0v) is 16.7. The molecule has 0 bridgehead atoms. The first-order valence-corrected chi connectivity index (χ1v) is 10.9. The van der Waals surface area contributed by atoms with E-state index in [1.807, 2.05) is 24.0 Å². The maximum Gasteiger partial charge on any atom is 0.282 e. The number of carbonyl (C=O) groups is 1. The molecule has 1 amide bonds. The second-order valence-electron chi connectivity index (χ2n) is 7.09. The standard InChI is InChI=1S/C18H26ClN3O3S/c1-15-5-2-3-12-22(15)18(23)14-21-11-4-10-20(26(21,24)25)13-16-6-8-17(19)9-7-16/h6-9,15H,2-5,10-14H2,1H3/t15-/m1/s1. The summed E-state index contributed by atoms with van der Waals surface area (Å²) in [4.78, 5) is 14.5. The number of halogens is 1. The number of rotatable bonds is 4. The third-order valence-corrected chi connectivity index (χ3v) is 7.36. The molecule has 2 aliphatic heterocycles. The zero-order chi connectivity index (χ0) is 18.7. The number of nitrogens with zero attached hydrogens (tertiary/aromatic N) is 3. The van der Waals surface area contributed by atoms with E-state index in [4.69, 9.17) is 11.6 Å². The fraction of sp³-hybridized carbons (Fsp3) is 0.611. The van der Waals surface area contributed by atoms with Gasteiger partial charge < -0.3 is 4.90 Å².